The fraction of sp³-hybridized carbons (Fsp3) is 0.333. The molecule has 4 heteroatoms. The molecule has 0 amide bonds. The molecule has 2 aromatic rings. The largest absolute Gasteiger partial charge is 0.481 e. The van der Waals surface area contributed by atoms with Gasteiger partial charge in [-0.05, 0) is 19.4 Å². The van der Waals surface area contributed by atoms with Gasteiger partial charge in [0.05, 0.1) is 12.1 Å². The predicted octanol–water partition coefficient (Wildman–Crippen LogP) is 2.72. The van der Waals surface area contributed by atoms with Gasteiger partial charge in [-0.1, -0.05) is 29.8 Å². The van der Waals surface area contributed by atoms with Crippen molar-refractivity contribution in [3.05, 3.63) is 41.2 Å². The lowest BCUT2D eigenvalue weighted by Crippen LogP contribution is -2.04. The van der Waals surface area contributed by atoms with Gasteiger partial charge in [0.2, 0.25) is 0 Å². The van der Waals surface area contributed by atoms with Crippen molar-refractivity contribution in [3.8, 4) is 11.1 Å². The maximum Gasteiger partial charge on any atom is 0.303 e. The van der Waals surface area contributed by atoms with Crippen LogP contribution in [0.25, 0.3) is 11.1 Å². The zero-order chi connectivity index (χ0) is 14.0. The maximum absolute atomic E-state index is 10.8. The van der Waals surface area contributed by atoms with Gasteiger partial charge in [-0.2, -0.15) is 5.10 Å². The summed E-state index contributed by atoms with van der Waals surface area (Å²) in [5.74, 6) is -0.784. The smallest absolute Gasteiger partial charge is 0.303 e. The summed E-state index contributed by atoms with van der Waals surface area (Å²) < 4.78 is 1.79. The minimum atomic E-state index is -0.784. The standard InChI is InChI=1S/C15H18N2O2/c1-10-4-6-12(7-5-10)15-11(2)16-17(3)13(15)8-9-14(18)19/h4-7H,8-9H2,1-3H3,(H,18,19). The van der Waals surface area contributed by atoms with Gasteiger partial charge in [-0.15, -0.1) is 0 Å². The van der Waals surface area contributed by atoms with Crippen molar-refractivity contribution < 1.29 is 9.90 Å². The molecule has 0 radical (unpaired) electrons. The van der Waals surface area contributed by atoms with Gasteiger partial charge in [0.1, 0.15) is 0 Å². The Bertz CT molecular complexity index is 597. The van der Waals surface area contributed by atoms with Crippen molar-refractivity contribution in [2.45, 2.75) is 26.7 Å². The van der Waals surface area contributed by atoms with Gasteiger partial charge in [-0.3, -0.25) is 9.48 Å². The number of nitrogens with zero attached hydrogens (tertiary/aromatic N) is 2. The van der Waals surface area contributed by atoms with Crippen molar-refractivity contribution in [1.29, 1.82) is 0 Å². The molecule has 100 valence electrons. The summed E-state index contributed by atoms with van der Waals surface area (Å²) >= 11 is 0. The molecule has 0 spiro atoms. The predicted molar refractivity (Wildman–Crippen MR) is 74.1 cm³/mol. The maximum atomic E-state index is 10.8. The van der Waals surface area contributed by atoms with Crippen LogP contribution in [0.1, 0.15) is 23.4 Å². The van der Waals surface area contributed by atoms with Crippen molar-refractivity contribution in [1.82, 2.24) is 9.78 Å². The number of benzene rings is 1. The Kier molecular flexibility index (Phi) is 3.69. The SMILES string of the molecule is Cc1ccc(-c2c(C)nn(C)c2CCC(=O)O)cc1. The van der Waals surface area contributed by atoms with E-state index in [1.807, 2.05) is 20.9 Å². The lowest BCUT2D eigenvalue weighted by atomic mass is 10.00. The molecule has 0 atom stereocenters. The summed E-state index contributed by atoms with van der Waals surface area (Å²) in [5, 5.41) is 13.3. The molecule has 1 N–H and O–H groups in total. The Morgan fingerprint density at radius 2 is 1.89 bits per heavy atom. The first kappa shape index (κ1) is 13.3. The Hall–Kier alpha value is -2.10. The minimum Gasteiger partial charge on any atom is -0.481 e. The molecule has 1 aromatic carbocycles. The number of aliphatic carboxylic acids is 1. The van der Waals surface area contributed by atoms with Gasteiger partial charge in [0.25, 0.3) is 0 Å². The number of carbonyl (C=O) groups is 1. The fourth-order valence-corrected chi connectivity index (χ4v) is 2.31. The van der Waals surface area contributed by atoms with E-state index in [0.717, 1.165) is 22.5 Å². The second-order valence-electron chi connectivity index (χ2n) is 4.79. The number of hydrogen-bond donors (Lipinski definition) is 1. The lowest BCUT2D eigenvalue weighted by Gasteiger charge is -2.06. The van der Waals surface area contributed by atoms with Crippen molar-refractivity contribution in [3.63, 3.8) is 0 Å². The molecule has 1 aromatic heterocycles. The summed E-state index contributed by atoms with van der Waals surface area (Å²) in [7, 11) is 1.86. The summed E-state index contributed by atoms with van der Waals surface area (Å²) in [6, 6.07) is 8.23. The topological polar surface area (TPSA) is 55.1 Å². The summed E-state index contributed by atoms with van der Waals surface area (Å²) in [4.78, 5) is 10.8. The highest BCUT2D eigenvalue weighted by Crippen LogP contribution is 2.28. The molecule has 0 unspecified atom stereocenters. The normalized spacial score (nSPS) is 10.7. The van der Waals surface area contributed by atoms with Gasteiger partial charge in [-0.25, -0.2) is 0 Å². The zero-order valence-electron chi connectivity index (χ0n) is 11.5. The van der Waals surface area contributed by atoms with Crippen LogP contribution in [-0.4, -0.2) is 20.9 Å². The molecular formula is C15H18N2O2. The molecule has 0 saturated heterocycles. The number of carboxylic acid groups (broad SMARTS) is 1. The number of rotatable bonds is 4. The van der Waals surface area contributed by atoms with E-state index < -0.39 is 5.97 Å². The number of aromatic nitrogens is 2. The van der Waals surface area contributed by atoms with Crippen LogP contribution >= 0.6 is 0 Å². The molecule has 0 aliphatic carbocycles. The van der Waals surface area contributed by atoms with E-state index in [0.29, 0.717) is 6.42 Å². The molecule has 0 fully saturated rings. The number of hydrogen-bond acceptors (Lipinski definition) is 2. The van der Waals surface area contributed by atoms with Crippen LogP contribution in [0.4, 0.5) is 0 Å². The van der Waals surface area contributed by atoms with Crippen LogP contribution in [0, 0.1) is 13.8 Å². The van der Waals surface area contributed by atoms with E-state index in [4.69, 9.17) is 5.11 Å². The number of aryl methyl sites for hydroxylation is 3. The van der Waals surface area contributed by atoms with E-state index >= 15 is 0 Å². The Morgan fingerprint density at radius 3 is 2.47 bits per heavy atom. The van der Waals surface area contributed by atoms with E-state index in [2.05, 4.69) is 29.4 Å². The monoisotopic (exact) mass is 258 g/mol. The van der Waals surface area contributed by atoms with Crippen LogP contribution in [0.3, 0.4) is 0 Å². The van der Waals surface area contributed by atoms with E-state index in [9.17, 15) is 4.79 Å². The molecule has 0 aliphatic rings. The lowest BCUT2D eigenvalue weighted by molar-refractivity contribution is -0.136. The second-order valence-corrected chi connectivity index (χ2v) is 4.79. The van der Waals surface area contributed by atoms with E-state index in [-0.39, 0.29) is 6.42 Å². The summed E-state index contributed by atoms with van der Waals surface area (Å²) in [5.41, 5.74) is 5.27. The van der Waals surface area contributed by atoms with Crippen molar-refractivity contribution in [2.75, 3.05) is 0 Å². The Morgan fingerprint density at radius 1 is 1.26 bits per heavy atom. The van der Waals surface area contributed by atoms with Crippen LogP contribution < -0.4 is 0 Å². The van der Waals surface area contributed by atoms with Gasteiger partial charge >= 0.3 is 5.97 Å². The molecule has 2 rings (SSSR count). The second kappa shape index (κ2) is 5.26. The first-order valence-corrected chi connectivity index (χ1v) is 6.30. The van der Waals surface area contributed by atoms with Crippen LogP contribution in [0.15, 0.2) is 24.3 Å². The van der Waals surface area contributed by atoms with Crippen molar-refractivity contribution in [2.24, 2.45) is 7.05 Å². The highest BCUT2D eigenvalue weighted by atomic mass is 16.4. The molecule has 0 bridgehead atoms. The third-order valence-corrected chi connectivity index (χ3v) is 3.26. The summed E-state index contributed by atoms with van der Waals surface area (Å²) in [6.07, 6.45) is 0.619. The molecule has 0 aliphatic heterocycles. The van der Waals surface area contributed by atoms with Gasteiger partial charge < -0.3 is 5.11 Å². The van der Waals surface area contributed by atoms with E-state index in [1.165, 1.54) is 5.56 Å². The third kappa shape index (κ3) is 2.84. The quantitative estimate of drug-likeness (QED) is 0.917. The summed E-state index contributed by atoms with van der Waals surface area (Å²) in [6.45, 7) is 4.00. The Balaban J connectivity index is 2.43. The first-order chi connectivity index (χ1) is 8.99. The van der Waals surface area contributed by atoms with Crippen LogP contribution in [0.5, 0.6) is 0 Å². The molecule has 0 saturated carbocycles. The van der Waals surface area contributed by atoms with Gasteiger partial charge in [0.15, 0.2) is 0 Å². The highest BCUT2D eigenvalue weighted by molar-refractivity contribution is 5.71. The van der Waals surface area contributed by atoms with Crippen molar-refractivity contribution >= 4 is 5.97 Å². The average Bonchev–Trinajstić information content (AvgIpc) is 2.62. The minimum absolute atomic E-state index is 0.123. The zero-order valence-corrected chi connectivity index (χ0v) is 11.5. The number of carboxylic acids is 1. The van der Waals surface area contributed by atoms with Crippen LogP contribution in [-0.2, 0) is 18.3 Å². The molecule has 4 nitrogen and oxygen atoms in total. The van der Waals surface area contributed by atoms with Gasteiger partial charge in [0, 0.05) is 24.7 Å². The first-order valence-electron chi connectivity index (χ1n) is 6.30. The van der Waals surface area contributed by atoms with Crippen LogP contribution in [0.2, 0.25) is 0 Å². The highest BCUT2D eigenvalue weighted by Gasteiger charge is 2.15. The molecule has 1 heterocycles. The fourth-order valence-electron chi connectivity index (χ4n) is 2.31. The molecular weight excluding hydrogens is 240 g/mol. The Labute approximate surface area is 112 Å². The average molecular weight is 258 g/mol. The molecule has 19 heavy (non-hydrogen) atoms. The third-order valence-electron chi connectivity index (χ3n) is 3.26. The van der Waals surface area contributed by atoms with E-state index in [1.54, 1.807) is 4.68 Å².